The van der Waals surface area contributed by atoms with Crippen LogP contribution in [0.2, 0.25) is 0 Å². The lowest BCUT2D eigenvalue weighted by Gasteiger charge is -2.20. The third-order valence-electron chi connectivity index (χ3n) is 1.46. The zero-order chi connectivity index (χ0) is 10.5. The Hall–Kier alpha value is -1.30. The topological polar surface area (TPSA) is 104 Å². The van der Waals surface area contributed by atoms with Crippen LogP contribution in [0.25, 0.3) is 0 Å². The van der Waals surface area contributed by atoms with Gasteiger partial charge in [-0.15, -0.1) is 0 Å². The monoisotopic (exact) mass is 192 g/mol. The van der Waals surface area contributed by atoms with E-state index in [9.17, 15) is 14.7 Å². The summed E-state index contributed by atoms with van der Waals surface area (Å²) in [5.74, 6) is -4.30. The number of rotatable bonds is 5. The summed E-state index contributed by atoms with van der Waals surface area (Å²) < 4.78 is 3.87. The minimum Gasteiger partial charge on any atom is -0.476 e. The molecule has 0 saturated heterocycles. The van der Waals surface area contributed by atoms with Gasteiger partial charge < -0.3 is 20.1 Å². The van der Waals surface area contributed by atoms with E-state index < -0.39 is 17.9 Å². The first-order valence-corrected chi connectivity index (χ1v) is 3.80. The summed E-state index contributed by atoms with van der Waals surface area (Å²) >= 11 is 0. The number of aliphatic hydroxyl groups is 1. The maximum Gasteiger partial charge on any atom is 0.508 e. The second kappa shape index (κ2) is 4.66. The van der Waals surface area contributed by atoms with Crippen molar-refractivity contribution in [3.63, 3.8) is 0 Å². The lowest BCUT2D eigenvalue weighted by atomic mass is 10.1. The fourth-order valence-corrected chi connectivity index (χ4v) is 0.762. The van der Waals surface area contributed by atoms with Gasteiger partial charge in [0.1, 0.15) is 0 Å². The highest BCUT2D eigenvalue weighted by atomic mass is 16.7. The molecule has 6 nitrogen and oxygen atoms in total. The Bertz CT molecular complexity index is 201. The number of carbonyl (C=O) groups is 2. The van der Waals surface area contributed by atoms with Gasteiger partial charge in [-0.3, -0.25) is 0 Å². The van der Waals surface area contributed by atoms with Gasteiger partial charge >= 0.3 is 17.9 Å². The molecule has 0 spiro atoms. The zero-order valence-electron chi connectivity index (χ0n) is 7.19. The number of hydrogen-bond donors (Lipinski definition) is 3. The molecule has 0 aromatic heterocycles. The molecule has 6 heteroatoms. The Labute approximate surface area is 74.7 Å². The molecule has 0 saturated carbocycles. The summed E-state index contributed by atoms with van der Waals surface area (Å²) in [6.07, 6.45) is -1.04. The Balaban J connectivity index is 4.34. The molecule has 0 aliphatic rings. The van der Waals surface area contributed by atoms with Crippen molar-refractivity contribution in [3.05, 3.63) is 0 Å². The standard InChI is InChI=1S/C7H12O6/c1-2-3-4-7(12,5(8)9)13-6(10)11/h12H,2-4H2,1H3,(H,8,9)(H,10,11). The first-order chi connectivity index (χ1) is 5.92. The Morgan fingerprint density at radius 3 is 2.23 bits per heavy atom. The maximum atomic E-state index is 10.4. The van der Waals surface area contributed by atoms with E-state index in [0.29, 0.717) is 12.8 Å². The number of carboxylic acid groups (broad SMARTS) is 2. The lowest BCUT2D eigenvalue weighted by molar-refractivity contribution is -0.210. The molecule has 0 heterocycles. The summed E-state index contributed by atoms with van der Waals surface area (Å²) in [4.78, 5) is 20.5. The summed E-state index contributed by atoms with van der Waals surface area (Å²) in [7, 11) is 0. The van der Waals surface area contributed by atoms with Crippen molar-refractivity contribution in [3.8, 4) is 0 Å². The van der Waals surface area contributed by atoms with Gasteiger partial charge in [0.2, 0.25) is 0 Å². The SMILES string of the molecule is CCCCC(O)(OC(=O)O)C(=O)O. The molecule has 0 rings (SSSR count). The van der Waals surface area contributed by atoms with Gasteiger partial charge in [-0.05, 0) is 6.42 Å². The van der Waals surface area contributed by atoms with E-state index in [1.54, 1.807) is 6.92 Å². The van der Waals surface area contributed by atoms with Crippen LogP contribution in [0.4, 0.5) is 4.79 Å². The summed E-state index contributed by atoms with van der Waals surface area (Å²) in [6.45, 7) is 1.78. The number of aliphatic carboxylic acids is 1. The van der Waals surface area contributed by atoms with E-state index >= 15 is 0 Å². The lowest BCUT2D eigenvalue weighted by Crippen LogP contribution is -2.42. The molecule has 0 bridgehead atoms. The highest BCUT2D eigenvalue weighted by molar-refractivity contribution is 5.77. The molecule has 0 aromatic carbocycles. The van der Waals surface area contributed by atoms with Crippen molar-refractivity contribution in [1.82, 2.24) is 0 Å². The van der Waals surface area contributed by atoms with E-state index in [-0.39, 0.29) is 6.42 Å². The normalized spacial score (nSPS) is 14.6. The van der Waals surface area contributed by atoms with Gasteiger partial charge in [-0.2, -0.15) is 0 Å². The molecule has 1 atom stereocenters. The van der Waals surface area contributed by atoms with Crippen LogP contribution in [0.5, 0.6) is 0 Å². The number of hydrogen-bond acceptors (Lipinski definition) is 4. The van der Waals surface area contributed by atoms with Gasteiger partial charge in [0.25, 0.3) is 0 Å². The molecule has 0 amide bonds. The molecule has 0 aliphatic heterocycles. The van der Waals surface area contributed by atoms with Crippen molar-refractivity contribution in [1.29, 1.82) is 0 Å². The van der Waals surface area contributed by atoms with E-state index in [1.807, 2.05) is 0 Å². The second-order valence-corrected chi connectivity index (χ2v) is 2.56. The summed E-state index contributed by atoms with van der Waals surface area (Å²) in [5, 5.41) is 25.8. The van der Waals surface area contributed by atoms with Crippen molar-refractivity contribution in [2.45, 2.75) is 32.0 Å². The average Bonchev–Trinajstić information content (AvgIpc) is 1.99. The fraction of sp³-hybridized carbons (Fsp3) is 0.714. The fourth-order valence-electron chi connectivity index (χ4n) is 0.762. The molecule has 0 radical (unpaired) electrons. The van der Waals surface area contributed by atoms with Crippen LogP contribution in [0.3, 0.4) is 0 Å². The van der Waals surface area contributed by atoms with Crippen molar-refractivity contribution >= 4 is 12.1 Å². The average molecular weight is 192 g/mol. The smallest absolute Gasteiger partial charge is 0.476 e. The van der Waals surface area contributed by atoms with Gasteiger partial charge in [0.15, 0.2) is 0 Å². The van der Waals surface area contributed by atoms with Crippen LogP contribution in [0.1, 0.15) is 26.2 Å². The minimum absolute atomic E-state index is 0.245. The van der Waals surface area contributed by atoms with Crippen LogP contribution in [-0.2, 0) is 9.53 Å². The van der Waals surface area contributed by atoms with E-state index in [2.05, 4.69) is 4.74 Å². The quantitative estimate of drug-likeness (QED) is 0.436. The van der Waals surface area contributed by atoms with Gasteiger partial charge in [-0.1, -0.05) is 13.3 Å². The van der Waals surface area contributed by atoms with Crippen molar-refractivity contribution in [2.75, 3.05) is 0 Å². The molecule has 0 aromatic rings. The minimum atomic E-state index is -2.61. The molecule has 3 N–H and O–H groups in total. The molecular formula is C7H12O6. The number of unbranched alkanes of at least 4 members (excludes halogenated alkanes) is 1. The second-order valence-electron chi connectivity index (χ2n) is 2.56. The molecule has 0 fully saturated rings. The number of ether oxygens (including phenoxy) is 1. The molecule has 0 aliphatic carbocycles. The summed E-state index contributed by atoms with van der Waals surface area (Å²) in [5.41, 5.74) is 0. The van der Waals surface area contributed by atoms with Crippen LogP contribution in [0, 0.1) is 0 Å². The molecule has 13 heavy (non-hydrogen) atoms. The highest BCUT2D eigenvalue weighted by Gasteiger charge is 2.39. The van der Waals surface area contributed by atoms with Gasteiger partial charge in [-0.25, -0.2) is 9.59 Å². The van der Waals surface area contributed by atoms with Crippen molar-refractivity contribution in [2.24, 2.45) is 0 Å². The van der Waals surface area contributed by atoms with Gasteiger partial charge in [0.05, 0.1) is 0 Å². The first kappa shape index (κ1) is 11.7. The summed E-state index contributed by atoms with van der Waals surface area (Å²) in [6, 6.07) is 0. The van der Waals surface area contributed by atoms with Crippen LogP contribution >= 0.6 is 0 Å². The molecular weight excluding hydrogens is 180 g/mol. The predicted octanol–water partition coefficient (Wildman–Crippen LogP) is 0.644. The van der Waals surface area contributed by atoms with Gasteiger partial charge in [0, 0.05) is 6.42 Å². The van der Waals surface area contributed by atoms with Crippen molar-refractivity contribution < 1.29 is 29.6 Å². The van der Waals surface area contributed by atoms with E-state index in [4.69, 9.17) is 10.2 Å². The number of carboxylic acids is 1. The van der Waals surface area contributed by atoms with E-state index in [1.165, 1.54) is 0 Å². The predicted molar refractivity (Wildman–Crippen MR) is 41.2 cm³/mol. The zero-order valence-corrected chi connectivity index (χ0v) is 7.19. The molecule has 76 valence electrons. The Kier molecular flexibility index (Phi) is 4.19. The first-order valence-electron chi connectivity index (χ1n) is 3.80. The third kappa shape index (κ3) is 3.75. The van der Waals surface area contributed by atoms with Crippen LogP contribution in [-0.4, -0.2) is 33.2 Å². The van der Waals surface area contributed by atoms with Crippen LogP contribution in [0.15, 0.2) is 0 Å². The molecule has 1 unspecified atom stereocenters. The Morgan fingerprint density at radius 1 is 1.38 bits per heavy atom. The third-order valence-corrected chi connectivity index (χ3v) is 1.46. The van der Waals surface area contributed by atoms with E-state index in [0.717, 1.165) is 0 Å². The largest absolute Gasteiger partial charge is 0.508 e. The van der Waals surface area contributed by atoms with Crippen LogP contribution < -0.4 is 0 Å². The Morgan fingerprint density at radius 2 is 1.92 bits per heavy atom. The highest BCUT2D eigenvalue weighted by Crippen LogP contribution is 2.16. The maximum absolute atomic E-state index is 10.4.